The van der Waals surface area contributed by atoms with Crippen molar-refractivity contribution in [3.63, 3.8) is 0 Å². The molecule has 0 aliphatic carbocycles. The molecule has 6 heteroatoms. The quantitative estimate of drug-likeness (QED) is 0.354. The molecule has 3 rings (SSSR count). The maximum Gasteiger partial charge on any atom is 0.174 e. The minimum atomic E-state index is -0.464. The molecule has 2 aromatic carbocycles. The summed E-state index contributed by atoms with van der Waals surface area (Å²) >= 11 is 13.2. The topological polar surface area (TPSA) is 22.0 Å². The summed E-state index contributed by atoms with van der Waals surface area (Å²) in [7, 11) is 0. The van der Waals surface area contributed by atoms with Crippen molar-refractivity contribution in [2.75, 3.05) is 5.75 Å². The average molecular weight is 408 g/mol. The minimum Gasteiger partial charge on any atom is -0.318 e. The maximum absolute atomic E-state index is 13.4. The van der Waals surface area contributed by atoms with Crippen LogP contribution in [0.3, 0.4) is 0 Å². The van der Waals surface area contributed by atoms with Gasteiger partial charge < -0.3 is 4.57 Å². The Kier molecular flexibility index (Phi) is 5.76. The predicted octanol–water partition coefficient (Wildman–Crippen LogP) is 6.52. The molecular weight excluding hydrogens is 392 g/mol. The third-order valence-electron chi connectivity index (χ3n) is 4.08. The molecule has 0 fully saturated rings. The highest BCUT2D eigenvalue weighted by atomic mass is 35.5. The van der Waals surface area contributed by atoms with E-state index in [1.807, 2.05) is 36.6 Å². The molecule has 0 unspecified atom stereocenters. The Hall–Kier alpha value is -1.75. The van der Waals surface area contributed by atoms with Gasteiger partial charge in [-0.05, 0) is 62.4 Å². The monoisotopic (exact) mass is 407 g/mol. The van der Waals surface area contributed by atoms with E-state index in [4.69, 9.17) is 23.2 Å². The van der Waals surface area contributed by atoms with Crippen LogP contribution >= 0.6 is 35.0 Å². The van der Waals surface area contributed by atoms with Crippen LogP contribution in [0.4, 0.5) is 4.39 Å². The van der Waals surface area contributed by atoms with Gasteiger partial charge in [-0.25, -0.2) is 4.39 Å². The van der Waals surface area contributed by atoms with Gasteiger partial charge in [0, 0.05) is 32.6 Å². The molecule has 2 nitrogen and oxygen atoms in total. The van der Waals surface area contributed by atoms with Crippen molar-refractivity contribution in [3.05, 3.63) is 81.3 Å². The fourth-order valence-electron chi connectivity index (χ4n) is 2.82. The SMILES string of the molecule is Cc1cc(C(=O)CSc2ccc(Cl)cc2)c(C)n1-c1ccc(F)c(Cl)c1. The summed E-state index contributed by atoms with van der Waals surface area (Å²) < 4.78 is 15.3. The van der Waals surface area contributed by atoms with Crippen molar-refractivity contribution in [1.82, 2.24) is 4.57 Å². The number of nitrogens with zero attached hydrogens (tertiary/aromatic N) is 1. The van der Waals surface area contributed by atoms with E-state index in [0.717, 1.165) is 22.0 Å². The number of carbonyl (C=O) groups is 1. The van der Waals surface area contributed by atoms with E-state index in [0.29, 0.717) is 16.3 Å². The van der Waals surface area contributed by atoms with Crippen molar-refractivity contribution in [2.45, 2.75) is 18.7 Å². The Morgan fingerprint density at radius 2 is 1.77 bits per heavy atom. The van der Waals surface area contributed by atoms with Gasteiger partial charge in [-0.1, -0.05) is 23.2 Å². The number of rotatable bonds is 5. The van der Waals surface area contributed by atoms with Crippen molar-refractivity contribution >= 4 is 40.7 Å². The molecule has 0 N–H and O–H groups in total. The zero-order valence-electron chi connectivity index (χ0n) is 14.2. The van der Waals surface area contributed by atoms with Crippen LogP contribution in [0.2, 0.25) is 10.0 Å². The summed E-state index contributed by atoms with van der Waals surface area (Å²) in [5, 5.41) is 0.725. The van der Waals surface area contributed by atoms with E-state index >= 15 is 0 Å². The summed E-state index contributed by atoms with van der Waals surface area (Å²) in [5.74, 6) is -0.0955. The number of halogens is 3. The molecule has 26 heavy (non-hydrogen) atoms. The number of aryl methyl sites for hydroxylation is 1. The van der Waals surface area contributed by atoms with Crippen LogP contribution in [-0.4, -0.2) is 16.1 Å². The fraction of sp³-hybridized carbons (Fsp3) is 0.150. The van der Waals surface area contributed by atoms with Crippen LogP contribution in [0.1, 0.15) is 21.7 Å². The second kappa shape index (κ2) is 7.87. The largest absolute Gasteiger partial charge is 0.318 e. The second-order valence-corrected chi connectivity index (χ2v) is 7.78. The van der Waals surface area contributed by atoms with Gasteiger partial charge in [-0.2, -0.15) is 0 Å². The lowest BCUT2D eigenvalue weighted by Gasteiger charge is -2.10. The Morgan fingerprint density at radius 1 is 1.08 bits per heavy atom. The molecule has 1 heterocycles. The molecule has 0 amide bonds. The average Bonchev–Trinajstić information content (AvgIpc) is 2.91. The first kappa shape index (κ1) is 19.0. The summed E-state index contributed by atoms with van der Waals surface area (Å²) in [4.78, 5) is 13.7. The van der Waals surface area contributed by atoms with Gasteiger partial charge in [-0.3, -0.25) is 4.79 Å². The van der Waals surface area contributed by atoms with Gasteiger partial charge in [0.25, 0.3) is 0 Å². The fourth-order valence-corrected chi connectivity index (χ4v) is 3.91. The third kappa shape index (κ3) is 3.98. The smallest absolute Gasteiger partial charge is 0.174 e. The molecule has 1 aromatic heterocycles. The Bertz CT molecular complexity index is 967. The minimum absolute atomic E-state index is 0.0394. The number of thioether (sulfide) groups is 1. The molecular formula is C20H16Cl2FNOS. The number of ketones is 1. The highest BCUT2D eigenvalue weighted by molar-refractivity contribution is 8.00. The van der Waals surface area contributed by atoms with E-state index in [2.05, 4.69) is 0 Å². The number of Topliss-reactive ketones (excluding diaryl/α,β-unsaturated/α-hetero) is 1. The van der Waals surface area contributed by atoms with Crippen molar-refractivity contribution in [2.24, 2.45) is 0 Å². The standard InChI is InChI=1S/C20H16Cl2FNOS/c1-12-9-17(20(25)11-26-16-6-3-14(21)4-7-16)13(2)24(12)15-5-8-19(23)18(22)10-15/h3-10H,11H2,1-2H3. The van der Waals surface area contributed by atoms with Gasteiger partial charge >= 0.3 is 0 Å². The molecule has 0 radical (unpaired) electrons. The van der Waals surface area contributed by atoms with Gasteiger partial charge in [0.15, 0.2) is 5.78 Å². The normalized spacial score (nSPS) is 11.0. The van der Waals surface area contributed by atoms with Crippen LogP contribution in [0.25, 0.3) is 5.69 Å². The number of benzene rings is 2. The first-order chi connectivity index (χ1) is 12.4. The van der Waals surface area contributed by atoms with Gasteiger partial charge in [0.05, 0.1) is 10.8 Å². The Balaban J connectivity index is 1.83. The van der Waals surface area contributed by atoms with Crippen LogP contribution < -0.4 is 0 Å². The number of hydrogen-bond acceptors (Lipinski definition) is 2. The lowest BCUT2D eigenvalue weighted by Crippen LogP contribution is -2.05. The van der Waals surface area contributed by atoms with Gasteiger partial charge in [0.2, 0.25) is 0 Å². The third-order valence-corrected chi connectivity index (χ3v) is 5.63. The Morgan fingerprint density at radius 3 is 2.42 bits per heavy atom. The molecule has 134 valence electrons. The van der Waals surface area contributed by atoms with Crippen molar-refractivity contribution < 1.29 is 9.18 Å². The molecule has 0 atom stereocenters. The molecule has 0 saturated heterocycles. The molecule has 0 saturated carbocycles. The second-order valence-electron chi connectivity index (χ2n) is 5.88. The molecule has 0 bridgehead atoms. The van der Waals surface area contributed by atoms with E-state index in [1.165, 1.54) is 17.8 Å². The highest BCUT2D eigenvalue weighted by Gasteiger charge is 2.17. The van der Waals surface area contributed by atoms with Crippen LogP contribution in [0.15, 0.2) is 53.4 Å². The first-order valence-corrected chi connectivity index (χ1v) is 9.67. The maximum atomic E-state index is 13.4. The van der Waals surface area contributed by atoms with E-state index in [-0.39, 0.29) is 10.8 Å². The number of carbonyl (C=O) groups excluding carboxylic acids is 1. The lowest BCUT2D eigenvalue weighted by molar-refractivity contribution is 0.102. The van der Waals surface area contributed by atoms with Gasteiger partial charge in [0.1, 0.15) is 5.82 Å². The number of aromatic nitrogens is 1. The molecule has 0 aliphatic rings. The summed E-state index contributed by atoms with van der Waals surface area (Å²) in [6.45, 7) is 3.79. The molecule has 3 aromatic rings. The highest BCUT2D eigenvalue weighted by Crippen LogP contribution is 2.27. The Labute approximate surface area is 165 Å². The summed E-state index contributed by atoms with van der Waals surface area (Å²) in [5.41, 5.74) is 3.09. The first-order valence-electron chi connectivity index (χ1n) is 7.92. The van der Waals surface area contributed by atoms with E-state index in [9.17, 15) is 9.18 Å². The molecule has 0 spiro atoms. The predicted molar refractivity (Wildman–Crippen MR) is 107 cm³/mol. The molecule has 0 aliphatic heterocycles. The zero-order valence-corrected chi connectivity index (χ0v) is 16.6. The van der Waals surface area contributed by atoms with Crippen molar-refractivity contribution in [3.8, 4) is 5.69 Å². The zero-order chi connectivity index (χ0) is 18.8. The number of hydrogen-bond donors (Lipinski definition) is 0. The lowest BCUT2D eigenvalue weighted by atomic mass is 10.2. The van der Waals surface area contributed by atoms with Crippen LogP contribution in [-0.2, 0) is 0 Å². The van der Waals surface area contributed by atoms with Crippen LogP contribution in [0, 0.1) is 19.7 Å². The summed E-state index contributed by atoms with van der Waals surface area (Å²) in [6, 6.07) is 13.8. The summed E-state index contributed by atoms with van der Waals surface area (Å²) in [6.07, 6.45) is 0. The van der Waals surface area contributed by atoms with E-state index < -0.39 is 5.82 Å². The van der Waals surface area contributed by atoms with Crippen molar-refractivity contribution in [1.29, 1.82) is 0 Å². The van der Waals surface area contributed by atoms with Gasteiger partial charge in [-0.15, -0.1) is 11.8 Å². The van der Waals surface area contributed by atoms with Crippen LogP contribution in [0.5, 0.6) is 0 Å². The van der Waals surface area contributed by atoms with E-state index in [1.54, 1.807) is 24.3 Å².